The maximum atomic E-state index is 13.2. The maximum Gasteiger partial charge on any atom is 0.205 e. The predicted molar refractivity (Wildman–Crippen MR) is 80.3 cm³/mol. The molecule has 0 fully saturated rings. The van der Waals surface area contributed by atoms with Crippen molar-refractivity contribution in [2.24, 2.45) is 0 Å². The van der Waals surface area contributed by atoms with Crippen molar-refractivity contribution in [1.82, 2.24) is 20.2 Å². The van der Waals surface area contributed by atoms with Crippen molar-refractivity contribution < 1.29 is 8.78 Å². The quantitative estimate of drug-likeness (QED) is 0.676. The molecule has 1 heterocycles. The summed E-state index contributed by atoms with van der Waals surface area (Å²) >= 11 is 1.58. The van der Waals surface area contributed by atoms with Gasteiger partial charge in [-0.05, 0) is 41.6 Å². The Labute approximate surface area is 130 Å². The van der Waals surface area contributed by atoms with E-state index in [0.29, 0.717) is 17.9 Å². The number of aryl methyl sites for hydroxylation is 1. The van der Waals surface area contributed by atoms with Crippen LogP contribution in [0.15, 0.2) is 53.4 Å². The molecule has 112 valence electrons. The molecule has 0 aliphatic carbocycles. The molecular weight excluding hydrogens is 306 g/mol. The van der Waals surface area contributed by atoms with Gasteiger partial charge in [-0.2, -0.15) is 4.80 Å². The zero-order chi connectivity index (χ0) is 15.4. The van der Waals surface area contributed by atoms with Crippen molar-refractivity contribution in [3.05, 3.63) is 60.2 Å². The van der Waals surface area contributed by atoms with Crippen molar-refractivity contribution in [2.45, 2.75) is 11.4 Å². The van der Waals surface area contributed by atoms with Gasteiger partial charge in [0.05, 0.1) is 6.54 Å². The zero-order valence-electron chi connectivity index (χ0n) is 11.5. The first kappa shape index (κ1) is 14.6. The van der Waals surface area contributed by atoms with E-state index in [1.54, 1.807) is 36.0 Å². The molecule has 0 radical (unpaired) electrons. The number of rotatable bonds is 5. The first-order valence-electron chi connectivity index (χ1n) is 6.63. The predicted octanol–water partition coefficient (Wildman–Crippen LogP) is 3.41. The standard InChI is InChI=1S/C15H12F2N4S/c16-12-4-6-14(7-5-12)22-9-8-21-19-15(18-20-21)11-2-1-3-13(17)10-11/h1-7,10H,8-9H2. The van der Waals surface area contributed by atoms with Crippen LogP contribution >= 0.6 is 11.8 Å². The SMILES string of the molecule is Fc1ccc(SCCn2nnc(-c3cccc(F)c3)n2)cc1. The molecule has 0 amide bonds. The topological polar surface area (TPSA) is 43.6 Å². The van der Waals surface area contributed by atoms with Crippen LogP contribution in [0.1, 0.15) is 0 Å². The second-order valence-corrected chi connectivity index (χ2v) is 5.69. The number of hydrogen-bond acceptors (Lipinski definition) is 4. The molecule has 0 aliphatic rings. The summed E-state index contributed by atoms with van der Waals surface area (Å²) in [5.41, 5.74) is 0.595. The first-order chi connectivity index (χ1) is 10.7. The smallest absolute Gasteiger partial charge is 0.205 e. The molecule has 4 nitrogen and oxygen atoms in total. The van der Waals surface area contributed by atoms with Gasteiger partial charge in [-0.15, -0.1) is 22.0 Å². The van der Waals surface area contributed by atoms with Gasteiger partial charge in [-0.25, -0.2) is 8.78 Å². The largest absolute Gasteiger partial charge is 0.207 e. The van der Waals surface area contributed by atoms with E-state index < -0.39 is 0 Å². The number of halogens is 2. The highest BCUT2D eigenvalue weighted by Gasteiger charge is 2.06. The summed E-state index contributed by atoms with van der Waals surface area (Å²) in [6.45, 7) is 0.560. The third-order valence-corrected chi connectivity index (χ3v) is 3.90. The molecular formula is C15H12F2N4S. The molecule has 0 saturated heterocycles. The van der Waals surface area contributed by atoms with Gasteiger partial charge < -0.3 is 0 Å². The number of hydrogen-bond donors (Lipinski definition) is 0. The van der Waals surface area contributed by atoms with Crippen LogP contribution in [0.5, 0.6) is 0 Å². The number of thioether (sulfide) groups is 1. The molecule has 0 saturated carbocycles. The number of aromatic nitrogens is 4. The summed E-state index contributed by atoms with van der Waals surface area (Å²) < 4.78 is 26.0. The lowest BCUT2D eigenvalue weighted by Crippen LogP contribution is -2.04. The first-order valence-corrected chi connectivity index (χ1v) is 7.61. The molecule has 0 aliphatic heterocycles. The van der Waals surface area contributed by atoms with E-state index in [2.05, 4.69) is 15.4 Å². The molecule has 0 bridgehead atoms. The van der Waals surface area contributed by atoms with E-state index in [0.717, 1.165) is 10.6 Å². The van der Waals surface area contributed by atoms with Gasteiger partial charge in [-0.1, -0.05) is 12.1 Å². The van der Waals surface area contributed by atoms with Gasteiger partial charge in [0.25, 0.3) is 0 Å². The summed E-state index contributed by atoms with van der Waals surface area (Å²) in [4.78, 5) is 2.45. The lowest BCUT2D eigenvalue weighted by atomic mass is 10.2. The molecule has 1 aromatic heterocycles. The van der Waals surface area contributed by atoms with Crippen LogP contribution in [0.4, 0.5) is 8.78 Å². The van der Waals surface area contributed by atoms with Gasteiger partial charge in [0, 0.05) is 16.2 Å². The Kier molecular flexibility index (Phi) is 4.43. The number of tetrazole rings is 1. The number of nitrogens with zero attached hydrogens (tertiary/aromatic N) is 4. The minimum atomic E-state index is -0.333. The molecule has 22 heavy (non-hydrogen) atoms. The second-order valence-electron chi connectivity index (χ2n) is 4.52. The summed E-state index contributed by atoms with van der Waals surface area (Å²) in [5.74, 6) is 0.541. The van der Waals surface area contributed by atoms with E-state index in [1.165, 1.54) is 29.1 Å². The summed E-state index contributed by atoms with van der Waals surface area (Å²) in [7, 11) is 0. The van der Waals surface area contributed by atoms with E-state index in [-0.39, 0.29) is 11.6 Å². The summed E-state index contributed by atoms with van der Waals surface area (Å²) in [6.07, 6.45) is 0. The van der Waals surface area contributed by atoms with Crippen molar-refractivity contribution in [3.63, 3.8) is 0 Å². The van der Waals surface area contributed by atoms with Crippen LogP contribution in [0.3, 0.4) is 0 Å². The molecule has 0 unspecified atom stereocenters. The third-order valence-electron chi connectivity index (χ3n) is 2.91. The highest BCUT2D eigenvalue weighted by molar-refractivity contribution is 7.99. The van der Waals surface area contributed by atoms with E-state index in [1.807, 2.05) is 0 Å². The van der Waals surface area contributed by atoms with Crippen LogP contribution in [-0.4, -0.2) is 26.0 Å². The molecule has 3 aromatic rings. The Hall–Kier alpha value is -2.28. The van der Waals surface area contributed by atoms with Crippen LogP contribution in [0.25, 0.3) is 11.4 Å². The Balaban J connectivity index is 1.59. The minimum Gasteiger partial charge on any atom is -0.207 e. The second kappa shape index (κ2) is 6.65. The fraction of sp³-hybridized carbons (Fsp3) is 0.133. The van der Waals surface area contributed by atoms with E-state index >= 15 is 0 Å². The minimum absolute atomic E-state index is 0.248. The van der Waals surface area contributed by atoms with Crippen molar-refractivity contribution in [1.29, 1.82) is 0 Å². The molecule has 7 heteroatoms. The van der Waals surface area contributed by atoms with Gasteiger partial charge in [0.1, 0.15) is 11.6 Å². The van der Waals surface area contributed by atoms with Gasteiger partial charge in [0.15, 0.2) is 0 Å². The number of benzene rings is 2. The van der Waals surface area contributed by atoms with Crippen LogP contribution in [-0.2, 0) is 6.54 Å². The fourth-order valence-corrected chi connectivity index (χ4v) is 2.68. The molecule has 3 rings (SSSR count). The zero-order valence-corrected chi connectivity index (χ0v) is 12.3. The average Bonchev–Trinajstić information content (AvgIpc) is 2.98. The monoisotopic (exact) mass is 318 g/mol. The van der Waals surface area contributed by atoms with Gasteiger partial charge in [-0.3, -0.25) is 0 Å². The van der Waals surface area contributed by atoms with E-state index in [9.17, 15) is 8.78 Å². The van der Waals surface area contributed by atoms with Crippen molar-refractivity contribution in [2.75, 3.05) is 5.75 Å². The maximum absolute atomic E-state index is 13.2. The lowest BCUT2D eigenvalue weighted by Gasteiger charge is -2.00. The molecule has 0 atom stereocenters. The molecule has 0 N–H and O–H groups in total. The summed E-state index contributed by atoms with van der Waals surface area (Å²) in [5, 5.41) is 12.1. The van der Waals surface area contributed by atoms with E-state index in [4.69, 9.17) is 0 Å². The Morgan fingerprint density at radius 1 is 1.00 bits per heavy atom. The Morgan fingerprint density at radius 2 is 1.82 bits per heavy atom. The summed E-state index contributed by atoms with van der Waals surface area (Å²) in [6, 6.07) is 12.4. The normalized spacial score (nSPS) is 10.8. The fourth-order valence-electron chi connectivity index (χ4n) is 1.86. The van der Waals surface area contributed by atoms with Crippen LogP contribution < -0.4 is 0 Å². The van der Waals surface area contributed by atoms with Crippen LogP contribution in [0, 0.1) is 11.6 Å². The molecule has 0 spiro atoms. The third kappa shape index (κ3) is 3.67. The average molecular weight is 318 g/mol. The lowest BCUT2D eigenvalue weighted by molar-refractivity contribution is 0.557. The Morgan fingerprint density at radius 3 is 2.59 bits per heavy atom. The highest BCUT2D eigenvalue weighted by Crippen LogP contribution is 2.18. The van der Waals surface area contributed by atoms with Gasteiger partial charge in [0.2, 0.25) is 5.82 Å². The van der Waals surface area contributed by atoms with Crippen LogP contribution in [0.2, 0.25) is 0 Å². The molecule has 2 aromatic carbocycles. The Bertz CT molecular complexity index is 758. The highest BCUT2D eigenvalue weighted by atomic mass is 32.2. The van der Waals surface area contributed by atoms with Crippen molar-refractivity contribution in [3.8, 4) is 11.4 Å². The van der Waals surface area contributed by atoms with Crippen molar-refractivity contribution >= 4 is 11.8 Å². The van der Waals surface area contributed by atoms with Gasteiger partial charge >= 0.3 is 0 Å².